The summed E-state index contributed by atoms with van der Waals surface area (Å²) in [6, 6.07) is 28.2. The van der Waals surface area contributed by atoms with E-state index in [1.54, 1.807) is 40.2 Å². The summed E-state index contributed by atoms with van der Waals surface area (Å²) >= 11 is 3.57. The minimum atomic E-state index is -1.59. The molecule has 2 aliphatic heterocycles. The number of ketones is 1. The molecule has 6 rings (SSSR count). The SMILES string of the molecule is C#CCCCCOCCO[Si](C)(C)C(C)(C)C.COCOc1ccc(C2(C)CSc3cc(OCOC)ccc3C2=O)cc1.COCOc1ccc(C2(C)CSc3cc(OCOC)ccc3C2CCCCCCOCCO)cc1. The molecule has 4 aromatic carbocycles. The lowest BCUT2D eigenvalue weighted by atomic mass is 9.68. The van der Waals surface area contributed by atoms with Crippen LogP contribution in [0.5, 0.6) is 23.0 Å². The topological polar surface area (TPSA) is 139 Å². The highest BCUT2D eigenvalue weighted by molar-refractivity contribution is 7.99. The molecule has 2 heterocycles. The first-order valence-electron chi connectivity index (χ1n) is 27.1. The molecule has 4 aromatic rings. The van der Waals surface area contributed by atoms with Crippen LogP contribution in [-0.4, -0.2) is 126 Å². The summed E-state index contributed by atoms with van der Waals surface area (Å²) in [5.74, 6) is 7.93. The summed E-state index contributed by atoms with van der Waals surface area (Å²) in [6.07, 6.45) is 13.8. The molecule has 16 heteroatoms. The van der Waals surface area contributed by atoms with E-state index in [1.165, 1.54) is 28.9 Å². The zero-order valence-electron chi connectivity index (χ0n) is 48.5. The number of thioether (sulfide) groups is 2. The summed E-state index contributed by atoms with van der Waals surface area (Å²) in [7, 11) is 4.83. The Bertz CT molecular complexity index is 2370. The Morgan fingerprint density at radius 1 is 0.615 bits per heavy atom. The van der Waals surface area contributed by atoms with Crippen LogP contribution < -0.4 is 18.9 Å². The minimum absolute atomic E-state index is 0.0105. The number of fused-ring (bicyclic) bond motifs is 2. The second-order valence-electron chi connectivity index (χ2n) is 21.2. The zero-order chi connectivity index (χ0) is 56.9. The van der Waals surface area contributed by atoms with E-state index in [0.717, 1.165) is 90.8 Å². The quantitative estimate of drug-likeness (QED) is 0.0221. The number of terminal acetylenes is 1. The molecule has 3 unspecified atom stereocenters. The van der Waals surface area contributed by atoms with E-state index >= 15 is 0 Å². The molecule has 13 nitrogen and oxygen atoms in total. The average Bonchev–Trinajstić information content (AvgIpc) is 3.52. The normalized spacial score (nSPS) is 17.8. The van der Waals surface area contributed by atoms with Gasteiger partial charge in [0.1, 0.15) is 23.0 Å². The highest BCUT2D eigenvalue weighted by Gasteiger charge is 2.42. The van der Waals surface area contributed by atoms with E-state index in [-0.39, 0.29) is 50.0 Å². The fourth-order valence-corrected chi connectivity index (χ4v) is 12.4. The van der Waals surface area contributed by atoms with Crippen molar-refractivity contribution in [3.8, 4) is 35.3 Å². The molecule has 0 bridgehead atoms. The van der Waals surface area contributed by atoms with Gasteiger partial charge in [-0.05, 0) is 128 Å². The standard InChI is InChI=1S/C28H40O6S.C20H22O5S.C14H28O2Si/c1-28(22-9-11-23(12-10-22)33-20-30-2)19-35-27-18-24(34-21-31-3)13-14-25(27)26(28)8-6-4-5-7-16-32-17-15-29;1-20(14-4-6-15(7-5-14)24-12-22-2)11-26-18-10-16(25-13-23-3)8-9-17(18)19(20)21;1-7-8-9-10-11-15-12-13-16-17(5,6)14(2,3)4/h9-14,18,26,29H,4-8,15-17,19-21H2,1-3H3;4-10H,11-13H2,1-3H3;1H,8-13H2,2-6H3. The molecular formula is C62H90O13S2Si. The zero-order valence-corrected chi connectivity index (χ0v) is 51.2. The lowest BCUT2D eigenvalue weighted by Gasteiger charge is -2.43. The highest BCUT2D eigenvalue weighted by Crippen LogP contribution is 2.53. The van der Waals surface area contributed by atoms with Crippen molar-refractivity contribution in [1.29, 1.82) is 0 Å². The van der Waals surface area contributed by atoms with Gasteiger partial charge in [0.2, 0.25) is 0 Å². The van der Waals surface area contributed by atoms with E-state index in [1.807, 2.05) is 73.3 Å². The average molecular weight is 1140 g/mol. The number of benzene rings is 4. The first-order chi connectivity index (χ1) is 37.5. The van der Waals surface area contributed by atoms with Gasteiger partial charge in [-0.1, -0.05) is 77.3 Å². The van der Waals surface area contributed by atoms with E-state index in [9.17, 15) is 4.79 Å². The van der Waals surface area contributed by atoms with E-state index in [2.05, 4.69) is 77.0 Å². The molecule has 0 fully saturated rings. The monoisotopic (exact) mass is 1130 g/mol. The largest absolute Gasteiger partial charge is 0.468 e. The Hall–Kier alpha value is -4.09. The third-order valence-corrected chi connectivity index (χ3v) is 21.7. The van der Waals surface area contributed by atoms with Crippen LogP contribution >= 0.6 is 23.5 Å². The number of hydrogen-bond donors (Lipinski definition) is 1. The molecular weight excluding hydrogens is 1040 g/mol. The van der Waals surface area contributed by atoms with Crippen molar-refractivity contribution >= 4 is 37.6 Å². The molecule has 0 aliphatic carbocycles. The smallest absolute Gasteiger partial charge is 0.192 e. The summed E-state index contributed by atoms with van der Waals surface area (Å²) in [6.45, 7) is 20.0. The Kier molecular flexibility index (Phi) is 29.7. The fraction of sp³-hybridized carbons (Fsp3) is 0.565. The second-order valence-corrected chi connectivity index (χ2v) is 28.1. The van der Waals surface area contributed by atoms with Gasteiger partial charge in [0.15, 0.2) is 41.3 Å². The Morgan fingerprint density at radius 2 is 1.12 bits per heavy atom. The number of carbonyl (C=O) groups excluding carboxylic acids is 1. The number of ether oxygens (including phenoxy) is 10. The second kappa shape index (κ2) is 34.9. The summed E-state index contributed by atoms with van der Waals surface area (Å²) in [5.41, 5.74) is 3.88. The predicted octanol–water partition coefficient (Wildman–Crippen LogP) is 13.5. The summed E-state index contributed by atoms with van der Waals surface area (Å²) in [5, 5.41) is 9.11. The Balaban J connectivity index is 0.000000269. The van der Waals surface area contributed by atoms with Crippen LogP contribution in [0.15, 0.2) is 94.7 Å². The van der Waals surface area contributed by atoms with Gasteiger partial charge >= 0.3 is 0 Å². The van der Waals surface area contributed by atoms with E-state index < -0.39 is 13.7 Å². The van der Waals surface area contributed by atoms with Gasteiger partial charge in [0.25, 0.3) is 0 Å². The van der Waals surface area contributed by atoms with Crippen molar-refractivity contribution in [2.75, 3.05) is 107 Å². The van der Waals surface area contributed by atoms with Crippen LogP contribution in [0.25, 0.3) is 0 Å². The maximum Gasteiger partial charge on any atom is 0.192 e. The van der Waals surface area contributed by atoms with Crippen molar-refractivity contribution < 1.29 is 61.7 Å². The van der Waals surface area contributed by atoms with Crippen LogP contribution in [0.2, 0.25) is 18.1 Å². The number of hydrogen-bond acceptors (Lipinski definition) is 15. The van der Waals surface area contributed by atoms with Crippen LogP contribution in [0, 0.1) is 12.3 Å². The number of unbranched alkanes of at least 4 members (excludes halogenated alkanes) is 5. The Morgan fingerprint density at radius 3 is 1.68 bits per heavy atom. The lowest BCUT2D eigenvalue weighted by Crippen LogP contribution is -2.41. The molecule has 0 amide bonds. The number of rotatable bonds is 31. The first kappa shape index (κ1) is 66.4. The number of aliphatic hydroxyl groups is 1. The fourth-order valence-electron chi connectivity index (χ4n) is 8.68. The van der Waals surface area contributed by atoms with Crippen molar-refractivity contribution in [1.82, 2.24) is 0 Å². The third-order valence-electron chi connectivity index (χ3n) is 14.4. The molecule has 2 aliphatic rings. The minimum Gasteiger partial charge on any atom is -0.468 e. The molecule has 0 saturated carbocycles. The van der Waals surface area contributed by atoms with Gasteiger partial charge in [0.05, 0.1) is 31.8 Å². The summed E-state index contributed by atoms with van der Waals surface area (Å²) < 4.78 is 59.1. The Labute approximate surface area is 476 Å². The van der Waals surface area contributed by atoms with Crippen molar-refractivity contribution in [2.45, 2.75) is 131 Å². The van der Waals surface area contributed by atoms with Crippen LogP contribution in [-0.2, 0) is 43.7 Å². The third kappa shape index (κ3) is 20.8. The first-order valence-corrected chi connectivity index (χ1v) is 32.0. The molecule has 3 atom stereocenters. The molecule has 0 aromatic heterocycles. The predicted molar refractivity (Wildman–Crippen MR) is 317 cm³/mol. The van der Waals surface area contributed by atoms with Gasteiger partial charge < -0.3 is 56.9 Å². The van der Waals surface area contributed by atoms with Gasteiger partial charge in [0, 0.05) is 80.3 Å². The molecule has 0 radical (unpaired) electrons. The van der Waals surface area contributed by atoms with E-state index in [0.29, 0.717) is 37.2 Å². The number of methoxy groups -OCH3 is 4. The van der Waals surface area contributed by atoms with E-state index in [4.69, 9.17) is 63.3 Å². The highest BCUT2D eigenvalue weighted by atomic mass is 32.2. The van der Waals surface area contributed by atoms with Crippen LogP contribution in [0.3, 0.4) is 0 Å². The molecule has 78 heavy (non-hydrogen) atoms. The molecule has 0 saturated heterocycles. The number of carbonyl (C=O) groups is 1. The maximum absolute atomic E-state index is 13.2. The molecule has 0 spiro atoms. The van der Waals surface area contributed by atoms with Crippen molar-refractivity contribution in [3.05, 3.63) is 107 Å². The molecule has 1 N–H and O–H groups in total. The van der Waals surface area contributed by atoms with Gasteiger partial charge in [-0.25, -0.2) is 0 Å². The van der Waals surface area contributed by atoms with Crippen LogP contribution in [0.1, 0.15) is 119 Å². The lowest BCUT2D eigenvalue weighted by molar-refractivity contribution is 0.0507. The number of aliphatic hydroxyl groups excluding tert-OH is 1. The van der Waals surface area contributed by atoms with Gasteiger partial charge in [-0.15, -0.1) is 35.9 Å². The van der Waals surface area contributed by atoms with Gasteiger partial charge in [-0.2, -0.15) is 0 Å². The van der Waals surface area contributed by atoms with Crippen molar-refractivity contribution in [3.63, 3.8) is 0 Å². The summed E-state index contributed by atoms with van der Waals surface area (Å²) in [4.78, 5) is 15.4. The number of Topliss-reactive ketones (excluding diaryl/α,β-unsaturated/α-hetero) is 1. The van der Waals surface area contributed by atoms with Crippen molar-refractivity contribution in [2.24, 2.45) is 0 Å². The van der Waals surface area contributed by atoms with Crippen LogP contribution in [0.4, 0.5) is 0 Å². The maximum atomic E-state index is 13.2. The molecule has 432 valence electrons. The van der Waals surface area contributed by atoms with Gasteiger partial charge in [-0.3, -0.25) is 4.79 Å².